The van der Waals surface area contributed by atoms with E-state index in [0.29, 0.717) is 30.6 Å². The van der Waals surface area contributed by atoms with E-state index in [1.807, 2.05) is 0 Å². The summed E-state index contributed by atoms with van der Waals surface area (Å²) < 4.78 is 29.0. The van der Waals surface area contributed by atoms with Crippen molar-refractivity contribution >= 4 is 21.6 Å². The number of aromatic nitrogens is 2. The molecule has 2 aliphatic rings. The smallest absolute Gasteiger partial charge is 0.256 e. The van der Waals surface area contributed by atoms with Gasteiger partial charge in [0.25, 0.3) is 5.56 Å². The lowest BCUT2D eigenvalue weighted by Crippen LogP contribution is -2.40. The molecule has 9 heteroatoms. The van der Waals surface area contributed by atoms with Gasteiger partial charge < -0.3 is 9.47 Å². The van der Waals surface area contributed by atoms with E-state index in [9.17, 15) is 18.0 Å². The number of amides is 1. The first-order valence-corrected chi connectivity index (χ1v) is 10.2. The van der Waals surface area contributed by atoms with Gasteiger partial charge in [0.05, 0.1) is 23.5 Å². The summed E-state index contributed by atoms with van der Waals surface area (Å²) in [7, 11) is -2.07. The van der Waals surface area contributed by atoms with Gasteiger partial charge in [0.2, 0.25) is 15.9 Å². The second kappa shape index (κ2) is 6.28. The molecule has 3 heterocycles. The van der Waals surface area contributed by atoms with Crippen LogP contribution in [0.2, 0.25) is 0 Å². The Bertz CT molecular complexity index is 1110. The molecule has 1 aromatic heterocycles. The third kappa shape index (κ3) is 2.87. The van der Waals surface area contributed by atoms with Crippen LogP contribution >= 0.6 is 0 Å². The van der Waals surface area contributed by atoms with Crippen LogP contribution in [0, 0.1) is 0 Å². The van der Waals surface area contributed by atoms with E-state index in [-0.39, 0.29) is 29.5 Å². The Morgan fingerprint density at radius 2 is 1.96 bits per heavy atom. The lowest BCUT2D eigenvalue weighted by molar-refractivity contribution is -0.116. The second-order valence-electron chi connectivity index (χ2n) is 6.89. The van der Waals surface area contributed by atoms with Crippen molar-refractivity contribution < 1.29 is 13.2 Å². The van der Waals surface area contributed by atoms with E-state index in [4.69, 9.17) is 0 Å². The predicted octanol–water partition coefficient (Wildman–Crippen LogP) is 0.436. The Morgan fingerprint density at radius 3 is 2.70 bits per heavy atom. The number of sulfonamides is 1. The molecule has 0 aliphatic carbocycles. The molecule has 2 aromatic rings. The van der Waals surface area contributed by atoms with Crippen LogP contribution in [0.5, 0.6) is 0 Å². The molecule has 0 unspecified atom stereocenters. The fraction of sp³-hybridized carbons (Fsp3) is 0.389. The van der Waals surface area contributed by atoms with Crippen molar-refractivity contribution in [3.05, 3.63) is 51.7 Å². The molecule has 8 nitrogen and oxygen atoms in total. The van der Waals surface area contributed by atoms with Crippen molar-refractivity contribution in [2.24, 2.45) is 7.05 Å². The fourth-order valence-corrected chi connectivity index (χ4v) is 5.17. The Hall–Kier alpha value is -2.52. The predicted molar refractivity (Wildman–Crippen MR) is 99.0 cm³/mol. The van der Waals surface area contributed by atoms with Gasteiger partial charge in [0.1, 0.15) is 0 Å². The van der Waals surface area contributed by atoms with Crippen molar-refractivity contribution in [2.45, 2.75) is 31.2 Å². The Morgan fingerprint density at radius 1 is 1.19 bits per heavy atom. The topological polar surface area (TPSA) is 92.6 Å². The van der Waals surface area contributed by atoms with Crippen LogP contribution < -0.4 is 10.5 Å². The molecule has 0 saturated carbocycles. The van der Waals surface area contributed by atoms with Gasteiger partial charge in [-0.15, -0.1) is 0 Å². The van der Waals surface area contributed by atoms with Crippen molar-refractivity contribution in [1.82, 2.24) is 13.9 Å². The van der Waals surface area contributed by atoms with Crippen LogP contribution in [0.15, 0.2) is 34.2 Å². The maximum Gasteiger partial charge on any atom is 0.256 e. The van der Waals surface area contributed by atoms with E-state index in [1.54, 1.807) is 30.1 Å². The zero-order valence-corrected chi connectivity index (χ0v) is 16.0. The maximum atomic E-state index is 13.1. The van der Waals surface area contributed by atoms with Gasteiger partial charge in [-0.2, -0.15) is 4.31 Å². The Kier molecular flexibility index (Phi) is 4.15. The minimum Gasteiger partial charge on any atom is -0.312 e. The number of benzene rings is 1. The molecular formula is C18H20N4O4S. The molecule has 0 bridgehead atoms. The molecule has 142 valence electrons. The molecule has 0 spiro atoms. The quantitative estimate of drug-likeness (QED) is 0.744. The number of fused-ring (bicyclic) bond motifs is 2. The van der Waals surface area contributed by atoms with Gasteiger partial charge in [-0.1, -0.05) is 0 Å². The van der Waals surface area contributed by atoms with Gasteiger partial charge in [-0.05, 0) is 36.6 Å². The molecule has 0 fully saturated rings. The summed E-state index contributed by atoms with van der Waals surface area (Å²) >= 11 is 0. The molecule has 1 aromatic carbocycles. The highest BCUT2D eigenvalue weighted by Crippen LogP contribution is 2.32. The molecule has 27 heavy (non-hydrogen) atoms. The summed E-state index contributed by atoms with van der Waals surface area (Å²) in [6.45, 7) is 2.40. The molecule has 0 radical (unpaired) electrons. The molecule has 1 amide bonds. The number of hydrogen-bond donors (Lipinski definition) is 0. The van der Waals surface area contributed by atoms with Gasteiger partial charge in [0.15, 0.2) is 0 Å². The zero-order chi connectivity index (χ0) is 19.3. The van der Waals surface area contributed by atoms with Crippen LogP contribution in [0.1, 0.15) is 23.7 Å². The third-order valence-corrected chi connectivity index (χ3v) is 7.06. The van der Waals surface area contributed by atoms with Gasteiger partial charge in [0, 0.05) is 38.3 Å². The SMILES string of the molecule is CC(=O)N1CCc2cc(S(=O)(=O)N3CCc4c(ncn(C)c4=O)C3)ccc21. The van der Waals surface area contributed by atoms with Gasteiger partial charge in [-0.25, -0.2) is 13.4 Å². The first-order chi connectivity index (χ1) is 12.8. The Labute approximate surface area is 157 Å². The number of carbonyl (C=O) groups is 1. The van der Waals surface area contributed by atoms with E-state index < -0.39 is 10.0 Å². The number of nitrogens with zero attached hydrogens (tertiary/aromatic N) is 4. The number of hydrogen-bond acceptors (Lipinski definition) is 5. The van der Waals surface area contributed by atoms with E-state index >= 15 is 0 Å². The summed E-state index contributed by atoms with van der Waals surface area (Å²) in [5.41, 5.74) is 2.60. The number of anilines is 1. The molecule has 2 aliphatic heterocycles. The largest absolute Gasteiger partial charge is 0.312 e. The highest BCUT2D eigenvalue weighted by atomic mass is 32.2. The standard InChI is InChI=1S/C18H20N4O4S/c1-12(23)22-8-5-13-9-14(3-4-17(13)22)27(25,26)21-7-6-15-16(10-21)19-11-20(2)18(15)24/h3-4,9,11H,5-8,10H2,1-2H3. The monoisotopic (exact) mass is 388 g/mol. The number of aryl methyl sites for hydroxylation is 1. The van der Waals surface area contributed by atoms with Crippen LogP contribution in [-0.4, -0.2) is 41.3 Å². The molecule has 0 N–H and O–H groups in total. The summed E-state index contributed by atoms with van der Waals surface area (Å²) in [5, 5.41) is 0. The lowest BCUT2D eigenvalue weighted by Gasteiger charge is -2.27. The third-order valence-electron chi connectivity index (χ3n) is 5.22. The lowest BCUT2D eigenvalue weighted by atomic mass is 10.1. The van der Waals surface area contributed by atoms with E-state index in [0.717, 1.165) is 11.3 Å². The Balaban J connectivity index is 1.66. The normalized spacial score (nSPS) is 16.9. The van der Waals surface area contributed by atoms with Crippen molar-refractivity contribution in [3.8, 4) is 0 Å². The minimum absolute atomic E-state index is 0.0513. The number of rotatable bonds is 2. The fourth-order valence-electron chi connectivity index (χ4n) is 3.71. The van der Waals surface area contributed by atoms with E-state index in [2.05, 4.69) is 4.98 Å². The first kappa shape index (κ1) is 17.9. The highest BCUT2D eigenvalue weighted by molar-refractivity contribution is 7.89. The molecule has 0 atom stereocenters. The molecule has 0 saturated heterocycles. The van der Waals surface area contributed by atoms with Crippen LogP contribution in [-0.2, 0) is 41.3 Å². The molecule has 4 rings (SSSR count). The van der Waals surface area contributed by atoms with Crippen molar-refractivity contribution in [3.63, 3.8) is 0 Å². The second-order valence-corrected chi connectivity index (χ2v) is 8.82. The molecular weight excluding hydrogens is 368 g/mol. The van der Waals surface area contributed by atoms with Crippen molar-refractivity contribution in [1.29, 1.82) is 0 Å². The first-order valence-electron chi connectivity index (χ1n) is 8.73. The van der Waals surface area contributed by atoms with Crippen LogP contribution in [0.25, 0.3) is 0 Å². The summed E-state index contributed by atoms with van der Waals surface area (Å²) in [6.07, 6.45) is 2.40. The van der Waals surface area contributed by atoms with Gasteiger partial charge >= 0.3 is 0 Å². The van der Waals surface area contributed by atoms with Crippen LogP contribution in [0.3, 0.4) is 0 Å². The van der Waals surface area contributed by atoms with E-state index in [1.165, 1.54) is 22.1 Å². The average Bonchev–Trinajstić information content (AvgIpc) is 3.08. The summed E-state index contributed by atoms with van der Waals surface area (Å²) in [6, 6.07) is 4.89. The highest BCUT2D eigenvalue weighted by Gasteiger charge is 2.32. The van der Waals surface area contributed by atoms with Gasteiger partial charge in [-0.3, -0.25) is 9.59 Å². The minimum atomic E-state index is -3.71. The summed E-state index contributed by atoms with van der Waals surface area (Å²) in [4.78, 5) is 29.9. The summed E-state index contributed by atoms with van der Waals surface area (Å²) in [5.74, 6) is -0.0513. The van der Waals surface area contributed by atoms with Crippen molar-refractivity contribution in [2.75, 3.05) is 18.0 Å². The number of carbonyl (C=O) groups excluding carboxylic acids is 1. The van der Waals surface area contributed by atoms with Crippen LogP contribution in [0.4, 0.5) is 5.69 Å². The maximum absolute atomic E-state index is 13.1. The zero-order valence-electron chi connectivity index (χ0n) is 15.2. The average molecular weight is 388 g/mol.